The molecule has 0 aliphatic carbocycles. The first-order valence-electron chi connectivity index (χ1n) is 9.21. The van der Waals surface area contributed by atoms with Crippen LogP contribution in [0, 0.1) is 18.3 Å². The van der Waals surface area contributed by atoms with E-state index < -0.39 is 10.0 Å². The molecule has 2 aromatic carbocycles. The minimum Gasteiger partial charge on any atom is -0.282 e. The SMILES string of the molecule is Cc1ccc(C(C#N)N2CCN(S(=O)(=O)CCc3ccccc3)CC2)cc1. The number of piperazine rings is 1. The van der Waals surface area contributed by atoms with E-state index in [1.165, 1.54) is 0 Å². The fourth-order valence-corrected chi connectivity index (χ4v) is 4.85. The number of hydrogen-bond acceptors (Lipinski definition) is 4. The van der Waals surface area contributed by atoms with Crippen molar-refractivity contribution in [1.82, 2.24) is 9.21 Å². The number of hydrogen-bond donors (Lipinski definition) is 0. The van der Waals surface area contributed by atoms with Crippen molar-refractivity contribution >= 4 is 10.0 Å². The van der Waals surface area contributed by atoms with Crippen LogP contribution in [0.3, 0.4) is 0 Å². The van der Waals surface area contributed by atoms with E-state index in [1.807, 2.05) is 61.5 Å². The van der Waals surface area contributed by atoms with Gasteiger partial charge in [0.25, 0.3) is 0 Å². The van der Waals surface area contributed by atoms with Gasteiger partial charge in [-0.05, 0) is 24.5 Å². The van der Waals surface area contributed by atoms with E-state index in [0.717, 1.165) is 16.7 Å². The van der Waals surface area contributed by atoms with Crippen LogP contribution in [0.4, 0.5) is 0 Å². The summed E-state index contributed by atoms with van der Waals surface area (Å²) in [5.41, 5.74) is 3.15. The third-order valence-electron chi connectivity index (χ3n) is 5.04. The maximum Gasteiger partial charge on any atom is 0.214 e. The number of benzene rings is 2. The molecular formula is C21H25N3O2S. The van der Waals surface area contributed by atoms with Crippen LogP contribution in [-0.4, -0.2) is 49.6 Å². The van der Waals surface area contributed by atoms with E-state index in [0.29, 0.717) is 32.6 Å². The predicted molar refractivity (Wildman–Crippen MR) is 107 cm³/mol. The van der Waals surface area contributed by atoms with E-state index in [9.17, 15) is 13.7 Å². The fraction of sp³-hybridized carbons (Fsp3) is 0.381. The Balaban J connectivity index is 1.58. The molecule has 1 atom stereocenters. The number of nitrogens with zero attached hydrogens (tertiary/aromatic N) is 3. The van der Waals surface area contributed by atoms with Crippen molar-refractivity contribution in [2.75, 3.05) is 31.9 Å². The van der Waals surface area contributed by atoms with Gasteiger partial charge in [-0.25, -0.2) is 8.42 Å². The summed E-state index contributed by atoms with van der Waals surface area (Å²) in [5.74, 6) is 0.122. The van der Waals surface area contributed by atoms with Gasteiger partial charge in [-0.15, -0.1) is 0 Å². The Hall–Kier alpha value is -2.20. The van der Waals surface area contributed by atoms with Crippen molar-refractivity contribution in [1.29, 1.82) is 5.26 Å². The van der Waals surface area contributed by atoms with Crippen LogP contribution in [0.1, 0.15) is 22.7 Å². The molecule has 3 rings (SSSR count). The van der Waals surface area contributed by atoms with Gasteiger partial charge in [0.1, 0.15) is 6.04 Å². The first kappa shape index (κ1) is 19.6. The van der Waals surface area contributed by atoms with Crippen molar-refractivity contribution in [3.8, 4) is 6.07 Å². The Bertz CT molecular complexity index is 881. The van der Waals surface area contributed by atoms with Gasteiger partial charge in [-0.2, -0.15) is 9.57 Å². The van der Waals surface area contributed by atoms with Gasteiger partial charge in [0.15, 0.2) is 0 Å². The summed E-state index contributed by atoms with van der Waals surface area (Å²) in [6.45, 7) is 4.01. The Kier molecular flexibility index (Phi) is 6.27. The zero-order chi connectivity index (χ0) is 19.3. The molecule has 0 saturated carbocycles. The molecule has 5 nitrogen and oxygen atoms in total. The smallest absolute Gasteiger partial charge is 0.214 e. The third kappa shape index (κ3) is 4.95. The molecule has 1 aliphatic heterocycles. The van der Waals surface area contributed by atoms with E-state index in [4.69, 9.17) is 0 Å². The van der Waals surface area contributed by atoms with Gasteiger partial charge in [-0.1, -0.05) is 60.2 Å². The van der Waals surface area contributed by atoms with E-state index in [1.54, 1.807) is 4.31 Å². The molecule has 1 heterocycles. The molecule has 27 heavy (non-hydrogen) atoms. The molecule has 0 amide bonds. The van der Waals surface area contributed by atoms with Crippen LogP contribution < -0.4 is 0 Å². The monoisotopic (exact) mass is 383 g/mol. The molecule has 0 bridgehead atoms. The second-order valence-corrected chi connectivity index (χ2v) is 9.02. The average molecular weight is 384 g/mol. The van der Waals surface area contributed by atoms with Crippen LogP contribution in [-0.2, 0) is 16.4 Å². The molecule has 0 aromatic heterocycles. The van der Waals surface area contributed by atoms with Crippen molar-refractivity contribution < 1.29 is 8.42 Å². The van der Waals surface area contributed by atoms with Crippen LogP contribution in [0.15, 0.2) is 54.6 Å². The maximum absolute atomic E-state index is 12.7. The molecule has 0 radical (unpaired) electrons. The van der Waals surface area contributed by atoms with Gasteiger partial charge in [0.2, 0.25) is 10.0 Å². The number of nitriles is 1. The molecule has 6 heteroatoms. The molecule has 0 N–H and O–H groups in total. The molecule has 1 saturated heterocycles. The lowest BCUT2D eigenvalue weighted by atomic mass is 10.0. The maximum atomic E-state index is 12.7. The molecular weight excluding hydrogens is 358 g/mol. The first-order chi connectivity index (χ1) is 13.0. The van der Waals surface area contributed by atoms with Gasteiger partial charge >= 0.3 is 0 Å². The summed E-state index contributed by atoms with van der Waals surface area (Å²) < 4.78 is 26.9. The van der Waals surface area contributed by atoms with Gasteiger partial charge in [0.05, 0.1) is 11.8 Å². The van der Waals surface area contributed by atoms with Crippen LogP contribution >= 0.6 is 0 Å². The highest BCUT2D eigenvalue weighted by molar-refractivity contribution is 7.89. The summed E-state index contributed by atoms with van der Waals surface area (Å²) in [4.78, 5) is 2.06. The molecule has 1 aliphatic rings. The number of aryl methyl sites for hydroxylation is 2. The summed E-state index contributed by atoms with van der Waals surface area (Å²) in [5, 5.41) is 9.61. The normalized spacial score (nSPS) is 17.3. The summed E-state index contributed by atoms with van der Waals surface area (Å²) in [6.07, 6.45) is 0.521. The highest BCUT2D eigenvalue weighted by atomic mass is 32.2. The van der Waals surface area contributed by atoms with Gasteiger partial charge in [0, 0.05) is 26.2 Å². The standard InChI is InChI=1S/C21H25N3O2S/c1-18-7-9-20(10-8-18)21(17-22)23-12-14-24(15-13-23)27(25,26)16-11-19-5-3-2-4-6-19/h2-10,21H,11-16H2,1H3. The van der Waals surface area contributed by atoms with Crippen LogP contribution in [0.2, 0.25) is 0 Å². The Labute approximate surface area is 161 Å². The summed E-state index contributed by atoms with van der Waals surface area (Å²) in [7, 11) is -3.28. The van der Waals surface area contributed by atoms with Crippen molar-refractivity contribution in [2.24, 2.45) is 0 Å². The highest BCUT2D eigenvalue weighted by Gasteiger charge is 2.30. The van der Waals surface area contributed by atoms with Crippen LogP contribution in [0.25, 0.3) is 0 Å². The van der Waals surface area contributed by atoms with E-state index >= 15 is 0 Å². The van der Waals surface area contributed by atoms with Crippen molar-refractivity contribution in [3.05, 3.63) is 71.3 Å². The lowest BCUT2D eigenvalue weighted by Crippen LogP contribution is -2.50. The Morgan fingerprint density at radius 2 is 1.63 bits per heavy atom. The van der Waals surface area contributed by atoms with Crippen molar-refractivity contribution in [2.45, 2.75) is 19.4 Å². The molecule has 1 unspecified atom stereocenters. The molecule has 2 aromatic rings. The largest absolute Gasteiger partial charge is 0.282 e. The quantitative estimate of drug-likeness (QED) is 0.769. The van der Waals surface area contributed by atoms with Gasteiger partial charge < -0.3 is 0 Å². The van der Waals surface area contributed by atoms with E-state index in [-0.39, 0.29) is 11.8 Å². The first-order valence-corrected chi connectivity index (χ1v) is 10.8. The van der Waals surface area contributed by atoms with E-state index in [2.05, 4.69) is 11.0 Å². The zero-order valence-corrected chi connectivity index (χ0v) is 16.4. The van der Waals surface area contributed by atoms with Gasteiger partial charge in [-0.3, -0.25) is 4.90 Å². The summed E-state index contributed by atoms with van der Waals surface area (Å²) in [6, 6.07) is 19.7. The fourth-order valence-electron chi connectivity index (χ4n) is 3.38. The second kappa shape index (κ2) is 8.66. The minimum absolute atomic E-state index is 0.122. The molecule has 142 valence electrons. The predicted octanol–water partition coefficient (Wildman–Crippen LogP) is 2.75. The zero-order valence-electron chi connectivity index (χ0n) is 15.6. The number of rotatable bonds is 6. The number of sulfonamides is 1. The summed E-state index contributed by atoms with van der Waals surface area (Å²) >= 11 is 0. The molecule has 1 fully saturated rings. The Morgan fingerprint density at radius 1 is 1.00 bits per heavy atom. The van der Waals surface area contributed by atoms with Crippen LogP contribution in [0.5, 0.6) is 0 Å². The topological polar surface area (TPSA) is 64.4 Å². The average Bonchev–Trinajstić information content (AvgIpc) is 2.70. The minimum atomic E-state index is -3.28. The molecule has 0 spiro atoms. The van der Waals surface area contributed by atoms with Crippen molar-refractivity contribution in [3.63, 3.8) is 0 Å². The Morgan fingerprint density at radius 3 is 2.22 bits per heavy atom. The lowest BCUT2D eigenvalue weighted by molar-refractivity contribution is 0.162. The second-order valence-electron chi connectivity index (χ2n) is 6.93. The highest BCUT2D eigenvalue weighted by Crippen LogP contribution is 2.23. The third-order valence-corrected chi connectivity index (χ3v) is 6.91. The lowest BCUT2D eigenvalue weighted by Gasteiger charge is -2.36.